The molecule has 6 nitrogen and oxygen atoms in total. The topological polar surface area (TPSA) is 66.0 Å². The van der Waals surface area contributed by atoms with Gasteiger partial charge in [-0.1, -0.05) is 36.3 Å². The van der Waals surface area contributed by atoms with E-state index in [1.807, 2.05) is 30.3 Å². The molecular formula is C17H19NO5. The average molecular weight is 317 g/mol. The van der Waals surface area contributed by atoms with Crippen molar-refractivity contribution in [3.8, 4) is 12.3 Å². The summed E-state index contributed by atoms with van der Waals surface area (Å²) in [4.78, 5) is 12.0. The number of hydrogen-bond acceptors (Lipinski definition) is 5. The summed E-state index contributed by atoms with van der Waals surface area (Å²) in [7, 11) is 0. The Balaban J connectivity index is 1.59. The van der Waals surface area contributed by atoms with Crippen LogP contribution in [0.4, 0.5) is 4.79 Å². The Morgan fingerprint density at radius 1 is 1.35 bits per heavy atom. The van der Waals surface area contributed by atoms with Crippen LogP contribution < -0.4 is 5.32 Å². The van der Waals surface area contributed by atoms with Crippen LogP contribution in [0.15, 0.2) is 30.3 Å². The second-order valence-electron chi connectivity index (χ2n) is 5.92. The van der Waals surface area contributed by atoms with Crippen LogP contribution in [0.1, 0.15) is 19.4 Å². The number of fused-ring (bicyclic) bond motifs is 1. The summed E-state index contributed by atoms with van der Waals surface area (Å²) in [5, 5.41) is 2.73. The molecule has 0 saturated carbocycles. The third-order valence-electron chi connectivity index (χ3n) is 3.71. The van der Waals surface area contributed by atoms with Crippen LogP contribution in [0.25, 0.3) is 0 Å². The molecule has 0 spiro atoms. The van der Waals surface area contributed by atoms with Gasteiger partial charge in [-0.3, -0.25) is 0 Å². The molecule has 4 atom stereocenters. The number of nitrogens with one attached hydrogen (secondary N) is 1. The molecule has 6 heteroatoms. The number of ether oxygens (including phenoxy) is 4. The molecule has 1 unspecified atom stereocenters. The number of carbonyl (C=O) groups is 1. The van der Waals surface area contributed by atoms with Gasteiger partial charge in [0.25, 0.3) is 0 Å². The summed E-state index contributed by atoms with van der Waals surface area (Å²) in [6.45, 7) is 3.74. The summed E-state index contributed by atoms with van der Waals surface area (Å²) < 4.78 is 22.2. The summed E-state index contributed by atoms with van der Waals surface area (Å²) in [5.74, 6) is 1.72. The van der Waals surface area contributed by atoms with Crippen LogP contribution in [0.3, 0.4) is 0 Å². The Bertz CT molecular complexity index is 609. The molecular weight excluding hydrogens is 298 g/mol. The predicted octanol–water partition coefficient (Wildman–Crippen LogP) is 1.79. The number of hydrogen-bond donors (Lipinski definition) is 1. The maximum atomic E-state index is 12.0. The van der Waals surface area contributed by atoms with Gasteiger partial charge in [0.2, 0.25) is 0 Å². The van der Waals surface area contributed by atoms with E-state index in [-0.39, 0.29) is 6.61 Å². The van der Waals surface area contributed by atoms with E-state index in [1.165, 1.54) is 0 Å². The molecule has 1 aromatic carbocycles. The fourth-order valence-corrected chi connectivity index (χ4v) is 2.71. The first-order chi connectivity index (χ1) is 11.0. The van der Waals surface area contributed by atoms with Crippen LogP contribution >= 0.6 is 0 Å². The van der Waals surface area contributed by atoms with E-state index in [1.54, 1.807) is 13.8 Å². The lowest BCUT2D eigenvalue weighted by atomic mass is 10.1. The van der Waals surface area contributed by atoms with Gasteiger partial charge in [0.1, 0.15) is 24.9 Å². The van der Waals surface area contributed by atoms with Crippen LogP contribution in [-0.4, -0.2) is 36.4 Å². The molecule has 1 N–H and O–H groups in total. The summed E-state index contributed by atoms with van der Waals surface area (Å²) in [5.41, 5.74) is 0.901. The Morgan fingerprint density at radius 3 is 2.78 bits per heavy atom. The molecule has 23 heavy (non-hydrogen) atoms. The minimum Gasteiger partial charge on any atom is -0.445 e. The highest BCUT2D eigenvalue weighted by molar-refractivity contribution is 5.68. The third-order valence-corrected chi connectivity index (χ3v) is 3.71. The van der Waals surface area contributed by atoms with Crippen molar-refractivity contribution in [2.75, 3.05) is 0 Å². The van der Waals surface area contributed by atoms with Crippen molar-refractivity contribution in [2.24, 2.45) is 0 Å². The highest BCUT2D eigenvalue weighted by atomic mass is 16.8. The Morgan fingerprint density at radius 2 is 2.09 bits per heavy atom. The van der Waals surface area contributed by atoms with Gasteiger partial charge in [-0.15, -0.1) is 6.42 Å². The van der Waals surface area contributed by atoms with Gasteiger partial charge in [-0.2, -0.15) is 0 Å². The minimum atomic E-state index is -0.775. The molecule has 122 valence electrons. The molecule has 2 aliphatic heterocycles. The quantitative estimate of drug-likeness (QED) is 0.861. The van der Waals surface area contributed by atoms with Crippen molar-refractivity contribution >= 4 is 6.09 Å². The molecule has 1 amide bonds. The lowest BCUT2D eigenvalue weighted by molar-refractivity contribution is -0.201. The zero-order valence-corrected chi connectivity index (χ0v) is 13.0. The lowest BCUT2D eigenvalue weighted by Gasteiger charge is -2.23. The largest absolute Gasteiger partial charge is 0.445 e. The van der Waals surface area contributed by atoms with Gasteiger partial charge in [-0.25, -0.2) is 4.79 Å². The second-order valence-corrected chi connectivity index (χ2v) is 5.92. The molecule has 0 radical (unpaired) electrons. The number of carbonyl (C=O) groups excluding carboxylic acids is 1. The zero-order chi connectivity index (χ0) is 16.4. The number of benzene rings is 1. The van der Waals surface area contributed by atoms with E-state index in [4.69, 9.17) is 25.4 Å². The molecule has 2 fully saturated rings. The third kappa shape index (κ3) is 3.48. The van der Waals surface area contributed by atoms with E-state index < -0.39 is 36.4 Å². The first kappa shape index (κ1) is 15.8. The van der Waals surface area contributed by atoms with E-state index in [0.29, 0.717) is 0 Å². The maximum Gasteiger partial charge on any atom is 0.407 e. The molecule has 3 rings (SSSR count). The molecule has 2 saturated heterocycles. The van der Waals surface area contributed by atoms with Crippen LogP contribution in [-0.2, 0) is 25.6 Å². The summed E-state index contributed by atoms with van der Waals surface area (Å²) in [6.07, 6.45) is 3.21. The lowest BCUT2D eigenvalue weighted by Crippen LogP contribution is -2.48. The van der Waals surface area contributed by atoms with Gasteiger partial charge in [-0.05, 0) is 19.4 Å². The van der Waals surface area contributed by atoms with Crippen LogP contribution in [0, 0.1) is 12.3 Å². The van der Waals surface area contributed by atoms with Crippen molar-refractivity contribution in [2.45, 2.75) is 50.8 Å². The van der Waals surface area contributed by atoms with Crippen molar-refractivity contribution in [3.63, 3.8) is 0 Å². The zero-order valence-electron chi connectivity index (χ0n) is 13.0. The van der Waals surface area contributed by atoms with E-state index in [9.17, 15) is 4.79 Å². The number of alkyl carbamates (subject to hydrolysis) is 1. The Kier molecular flexibility index (Phi) is 4.26. The van der Waals surface area contributed by atoms with E-state index >= 15 is 0 Å². The van der Waals surface area contributed by atoms with Gasteiger partial charge in [0, 0.05) is 0 Å². The van der Waals surface area contributed by atoms with Crippen molar-refractivity contribution < 1.29 is 23.7 Å². The van der Waals surface area contributed by atoms with Gasteiger partial charge >= 0.3 is 6.09 Å². The van der Waals surface area contributed by atoms with Gasteiger partial charge < -0.3 is 24.3 Å². The number of rotatable bonds is 3. The predicted molar refractivity (Wildman–Crippen MR) is 81.1 cm³/mol. The Hall–Kier alpha value is -2.07. The molecule has 0 bridgehead atoms. The molecule has 1 aromatic rings. The molecule has 2 aliphatic rings. The van der Waals surface area contributed by atoms with Gasteiger partial charge in [0.05, 0.1) is 0 Å². The highest BCUT2D eigenvalue weighted by Crippen LogP contribution is 2.37. The van der Waals surface area contributed by atoms with E-state index in [0.717, 1.165) is 5.56 Å². The highest BCUT2D eigenvalue weighted by Gasteiger charge is 2.55. The molecule has 2 heterocycles. The van der Waals surface area contributed by atoms with Crippen molar-refractivity contribution in [1.29, 1.82) is 0 Å². The SMILES string of the molecule is C#CC1O[C@@H]2OC(C)(C)O[C@@H]2[C@H]1NC(=O)OCc1ccccc1. The number of terminal acetylenes is 1. The van der Waals surface area contributed by atoms with Crippen LogP contribution in [0.5, 0.6) is 0 Å². The molecule has 0 aliphatic carbocycles. The Labute approximate surface area is 135 Å². The standard InChI is InChI=1S/C17H19NO5/c1-4-12-13(14-15(21-12)23-17(2,3)22-14)18-16(19)20-10-11-8-6-5-7-9-11/h1,5-9,12-15H,10H2,2-3H3,(H,18,19)/t12?,13-,14+,15+/m0/s1. The normalized spacial score (nSPS) is 31.2. The number of amides is 1. The first-order valence-corrected chi connectivity index (χ1v) is 7.43. The van der Waals surface area contributed by atoms with Gasteiger partial charge in [0.15, 0.2) is 12.1 Å². The van der Waals surface area contributed by atoms with Crippen molar-refractivity contribution in [1.82, 2.24) is 5.32 Å². The first-order valence-electron chi connectivity index (χ1n) is 7.43. The molecule has 0 aromatic heterocycles. The fourth-order valence-electron chi connectivity index (χ4n) is 2.71. The van der Waals surface area contributed by atoms with Crippen LogP contribution in [0.2, 0.25) is 0 Å². The summed E-state index contributed by atoms with van der Waals surface area (Å²) >= 11 is 0. The maximum absolute atomic E-state index is 12.0. The second kappa shape index (κ2) is 6.20. The van der Waals surface area contributed by atoms with E-state index in [2.05, 4.69) is 11.2 Å². The monoisotopic (exact) mass is 317 g/mol. The minimum absolute atomic E-state index is 0.178. The van der Waals surface area contributed by atoms with Crippen molar-refractivity contribution in [3.05, 3.63) is 35.9 Å². The fraction of sp³-hybridized carbons (Fsp3) is 0.471. The average Bonchev–Trinajstić information content (AvgIpc) is 2.99. The smallest absolute Gasteiger partial charge is 0.407 e. The summed E-state index contributed by atoms with van der Waals surface area (Å²) in [6, 6.07) is 8.90.